The van der Waals surface area contributed by atoms with Gasteiger partial charge in [0.15, 0.2) is 0 Å². The van der Waals surface area contributed by atoms with Crippen LogP contribution in [0.5, 0.6) is 0 Å². The summed E-state index contributed by atoms with van der Waals surface area (Å²) in [7, 11) is 0. The van der Waals surface area contributed by atoms with Gasteiger partial charge in [-0.05, 0) is 56.9 Å². The molecule has 2 heterocycles. The predicted molar refractivity (Wildman–Crippen MR) is 88.0 cm³/mol. The van der Waals surface area contributed by atoms with Gasteiger partial charge >= 0.3 is 0 Å². The summed E-state index contributed by atoms with van der Waals surface area (Å²) in [4.78, 5) is 7.20. The number of benzene rings is 1. The lowest BCUT2D eigenvalue weighted by Gasteiger charge is -2.37. The monoisotopic (exact) mass is 281 g/mol. The molecule has 3 heteroatoms. The molecule has 2 N–H and O–H groups in total. The number of para-hydroxylation sites is 1. The number of rotatable bonds is 2. The van der Waals surface area contributed by atoms with Gasteiger partial charge in [-0.25, -0.2) is 4.98 Å². The maximum Gasteiger partial charge on any atom is 0.138 e. The van der Waals surface area contributed by atoms with Crippen LogP contribution in [0.15, 0.2) is 30.3 Å². The van der Waals surface area contributed by atoms with Crippen molar-refractivity contribution in [2.75, 3.05) is 4.90 Å². The lowest BCUT2D eigenvalue weighted by atomic mass is 9.95. The van der Waals surface area contributed by atoms with Gasteiger partial charge in [-0.15, -0.1) is 0 Å². The molecule has 3 rings (SSSR count). The van der Waals surface area contributed by atoms with Crippen molar-refractivity contribution >= 4 is 11.5 Å². The first-order chi connectivity index (χ1) is 10.1. The summed E-state index contributed by atoms with van der Waals surface area (Å²) in [6.45, 7) is 6.98. The Morgan fingerprint density at radius 1 is 1.29 bits per heavy atom. The van der Waals surface area contributed by atoms with Crippen molar-refractivity contribution in [1.29, 1.82) is 0 Å². The molecule has 0 bridgehead atoms. The molecule has 0 radical (unpaired) electrons. The quantitative estimate of drug-likeness (QED) is 0.914. The maximum atomic E-state index is 6.01. The van der Waals surface area contributed by atoms with Gasteiger partial charge in [-0.2, -0.15) is 0 Å². The van der Waals surface area contributed by atoms with E-state index in [1.54, 1.807) is 0 Å². The minimum Gasteiger partial charge on any atom is -0.326 e. The first-order valence-electron chi connectivity index (χ1n) is 7.66. The molecule has 1 unspecified atom stereocenters. The van der Waals surface area contributed by atoms with Gasteiger partial charge < -0.3 is 10.6 Å². The van der Waals surface area contributed by atoms with Gasteiger partial charge in [-0.1, -0.05) is 18.2 Å². The van der Waals surface area contributed by atoms with E-state index in [9.17, 15) is 0 Å². The van der Waals surface area contributed by atoms with Gasteiger partial charge in [-0.3, -0.25) is 0 Å². The minimum atomic E-state index is 0.443. The average Bonchev–Trinajstić information content (AvgIpc) is 2.46. The molecule has 110 valence electrons. The molecule has 21 heavy (non-hydrogen) atoms. The summed E-state index contributed by atoms with van der Waals surface area (Å²) in [6.07, 6.45) is 2.28. The standard InChI is InChI=1S/C18H23N3/c1-12-10-13(2)20-18(16(12)11-19)21-14(3)8-9-15-6-4-5-7-17(15)21/h4-7,10,14H,8-9,11,19H2,1-3H3. The third kappa shape index (κ3) is 2.42. The smallest absolute Gasteiger partial charge is 0.138 e. The largest absolute Gasteiger partial charge is 0.326 e. The third-order valence-electron chi connectivity index (χ3n) is 4.41. The van der Waals surface area contributed by atoms with Crippen LogP contribution in [0.3, 0.4) is 0 Å². The van der Waals surface area contributed by atoms with E-state index in [0.29, 0.717) is 12.6 Å². The van der Waals surface area contributed by atoms with E-state index in [0.717, 1.165) is 29.9 Å². The summed E-state index contributed by atoms with van der Waals surface area (Å²) < 4.78 is 0. The Labute approximate surface area is 126 Å². The van der Waals surface area contributed by atoms with Crippen LogP contribution in [0, 0.1) is 13.8 Å². The summed E-state index contributed by atoms with van der Waals surface area (Å²) in [5, 5.41) is 0. The number of aryl methyl sites for hydroxylation is 3. The minimum absolute atomic E-state index is 0.443. The number of hydrogen-bond acceptors (Lipinski definition) is 3. The Kier molecular flexibility index (Phi) is 3.68. The van der Waals surface area contributed by atoms with Crippen molar-refractivity contribution in [3.63, 3.8) is 0 Å². The Morgan fingerprint density at radius 2 is 2.05 bits per heavy atom. The average molecular weight is 281 g/mol. The van der Waals surface area contributed by atoms with E-state index in [1.807, 2.05) is 0 Å². The molecule has 1 aliphatic rings. The molecule has 1 aromatic heterocycles. The van der Waals surface area contributed by atoms with E-state index in [2.05, 4.69) is 56.0 Å². The van der Waals surface area contributed by atoms with Gasteiger partial charge in [0.2, 0.25) is 0 Å². The molecule has 0 aliphatic carbocycles. The van der Waals surface area contributed by atoms with Crippen LogP contribution in [0.4, 0.5) is 11.5 Å². The van der Waals surface area contributed by atoms with Crippen LogP contribution < -0.4 is 10.6 Å². The van der Waals surface area contributed by atoms with Crippen LogP contribution >= 0.6 is 0 Å². The second-order valence-corrected chi connectivity index (χ2v) is 5.97. The summed E-state index contributed by atoms with van der Waals surface area (Å²) >= 11 is 0. The van der Waals surface area contributed by atoms with Gasteiger partial charge in [0, 0.05) is 29.5 Å². The Hall–Kier alpha value is -1.87. The van der Waals surface area contributed by atoms with Crippen LogP contribution in [-0.4, -0.2) is 11.0 Å². The van der Waals surface area contributed by atoms with E-state index in [1.165, 1.54) is 16.8 Å². The first-order valence-corrected chi connectivity index (χ1v) is 7.66. The van der Waals surface area contributed by atoms with Crippen LogP contribution in [0.1, 0.15) is 35.7 Å². The van der Waals surface area contributed by atoms with Gasteiger partial charge in [0.1, 0.15) is 5.82 Å². The second-order valence-electron chi connectivity index (χ2n) is 5.97. The molecule has 1 aliphatic heterocycles. The third-order valence-corrected chi connectivity index (χ3v) is 4.41. The lowest BCUT2D eigenvalue weighted by Crippen LogP contribution is -2.35. The van der Waals surface area contributed by atoms with Crippen molar-refractivity contribution in [2.45, 2.75) is 46.2 Å². The number of nitrogens with two attached hydrogens (primary N) is 1. The van der Waals surface area contributed by atoms with Crippen LogP contribution in [0.25, 0.3) is 0 Å². The highest BCUT2D eigenvalue weighted by molar-refractivity contribution is 5.69. The number of pyridine rings is 1. The molecular formula is C18H23N3. The SMILES string of the molecule is Cc1cc(C)c(CN)c(N2c3ccccc3CCC2C)n1. The van der Waals surface area contributed by atoms with E-state index >= 15 is 0 Å². The van der Waals surface area contributed by atoms with E-state index < -0.39 is 0 Å². The second kappa shape index (κ2) is 5.49. The van der Waals surface area contributed by atoms with Crippen molar-refractivity contribution in [3.05, 3.63) is 52.7 Å². The molecule has 0 amide bonds. The van der Waals surface area contributed by atoms with E-state index in [4.69, 9.17) is 10.7 Å². The van der Waals surface area contributed by atoms with Crippen molar-refractivity contribution in [2.24, 2.45) is 5.73 Å². The fraction of sp³-hybridized carbons (Fsp3) is 0.389. The number of fused-ring (bicyclic) bond motifs is 1. The summed E-state index contributed by atoms with van der Waals surface area (Å²) in [6, 6.07) is 11.2. The van der Waals surface area contributed by atoms with Gasteiger partial charge in [0.25, 0.3) is 0 Å². The summed E-state index contributed by atoms with van der Waals surface area (Å²) in [5.74, 6) is 1.04. The highest BCUT2D eigenvalue weighted by Crippen LogP contribution is 2.38. The molecule has 1 atom stereocenters. The molecule has 0 saturated carbocycles. The fourth-order valence-corrected chi connectivity index (χ4v) is 3.31. The molecular weight excluding hydrogens is 258 g/mol. The number of aromatic nitrogens is 1. The molecule has 0 fully saturated rings. The zero-order valence-electron chi connectivity index (χ0n) is 13.1. The Morgan fingerprint density at radius 3 is 2.81 bits per heavy atom. The van der Waals surface area contributed by atoms with Crippen LogP contribution in [0.2, 0.25) is 0 Å². The van der Waals surface area contributed by atoms with Crippen molar-refractivity contribution in [3.8, 4) is 0 Å². The maximum absolute atomic E-state index is 6.01. The van der Waals surface area contributed by atoms with Crippen molar-refractivity contribution < 1.29 is 0 Å². The normalized spacial score (nSPS) is 17.7. The zero-order chi connectivity index (χ0) is 15.0. The summed E-state index contributed by atoms with van der Waals surface area (Å²) in [5.41, 5.74) is 12.1. The fourth-order valence-electron chi connectivity index (χ4n) is 3.31. The van der Waals surface area contributed by atoms with Crippen molar-refractivity contribution in [1.82, 2.24) is 4.98 Å². The molecule has 1 aromatic carbocycles. The molecule has 2 aromatic rings. The number of hydrogen-bond donors (Lipinski definition) is 1. The van der Waals surface area contributed by atoms with E-state index in [-0.39, 0.29) is 0 Å². The molecule has 0 spiro atoms. The van der Waals surface area contributed by atoms with Gasteiger partial charge in [0.05, 0.1) is 0 Å². The highest BCUT2D eigenvalue weighted by atomic mass is 15.2. The first kappa shape index (κ1) is 14.1. The Balaban J connectivity index is 2.20. The molecule has 0 saturated heterocycles. The highest BCUT2D eigenvalue weighted by Gasteiger charge is 2.27. The lowest BCUT2D eigenvalue weighted by molar-refractivity contribution is 0.610. The molecule has 3 nitrogen and oxygen atoms in total. The predicted octanol–water partition coefficient (Wildman–Crippen LogP) is 3.63. The number of nitrogens with zero attached hydrogens (tertiary/aromatic N) is 2. The number of anilines is 2. The Bertz CT molecular complexity index is 664. The zero-order valence-corrected chi connectivity index (χ0v) is 13.1. The topological polar surface area (TPSA) is 42.1 Å². The van der Waals surface area contributed by atoms with Crippen LogP contribution in [-0.2, 0) is 13.0 Å².